The number of halogens is 1. The van der Waals surface area contributed by atoms with Crippen LogP contribution in [0.1, 0.15) is 10.4 Å². The van der Waals surface area contributed by atoms with Crippen LogP contribution in [0.15, 0.2) is 42.6 Å². The van der Waals surface area contributed by atoms with Gasteiger partial charge in [0.2, 0.25) is 0 Å². The molecule has 1 aromatic carbocycles. The zero-order valence-electron chi connectivity index (χ0n) is 10.2. The number of amides is 1. The van der Waals surface area contributed by atoms with E-state index in [1.54, 1.807) is 7.05 Å². The number of aromatic nitrogens is 1. The van der Waals surface area contributed by atoms with Gasteiger partial charge in [0.25, 0.3) is 11.7 Å². The highest BCUT2D eigenvalue weighted by Crippen LogP contribution is 2.10. The topological polar surface area (TPSA) is 68.1 Å². The molecule has 2 N–H and O–H groups in total. The summed E-state index contributed by atoms with van der Waals surface area (Å²) < 4.78 is 13.3. The highest BCUT2D eigenvalue weighted by molar-refractivity contribution is 6.03. The highest BCUT2D eigenvalue weighted by Gasteiger charge is 2.10. The molecule has 0 aliphatic heterocycles. The number of anilines is 2. The van der Waals surface area contributed by atoms with E-state index in [0.717, 1.165) is 0 Å². The van der Waals surface area contributed by atoms with Crippen molar-refractivity contribution < 1.29 is 13.9 Å². The molecule has 0 unspecified atom stereocenters. The maximum absolute atomic E-state index is 12.7. The lowest BCUT2D eigenvalue weighted by Gasteiger charge is -2.09. The Labute approximate surface area is 109 Å². The standard InChI is InChI=1S/C13H12FN3O2/c1-15-12-7-2-9(8-17(12)19)13(18)16-11-5-3-10(14)4-6-11/h2-8,15H,1H3,(H,16,18). The van der Waals surface area contributed by atoms with Gasteiger partial charge in [-0.25, -0.2) is 9.12 Å². The van der Waals surface area contributed by atoms with Crippen LogP contribution in [0.2, 0.25) is 0 Å². The predicted octanol–water partition coefficient (Wildman–Crippen LogP) is 1.75. The molecule has 1 aromatic heterocycles. The summed E-state index contributed by atoms with van der Waals surface area (Å²) in [5.74, 6) is -0.467. The second kappa shape index (κ2) is 5.34. The molecule has 0 saturated carbocycles. The fraction of sp³-hybridized carbons (Fsp3) is 0.0769. The van der Waals surface area contributed by atoms with E-state index in [2.05, 4.69) is 10.6 Å². The predicted molar refractivity (Wildman–Crippen MR) is 69.3 cm³/mol. The van der Waals surface area contributed by atoms with Crippen molar-refractivity contribution in [2.45, 2.75) is 0 Å². The Morgan fingerprint density at radius 1 is 1.21 bits per heavy atom. The van der Waals surface area contributed by atoms with E-state index >= 15 is 0 Å². The van der Waals surface area contributed by atoms with E-state index in [-0.39, 0.29) is 11.4 Å². The smallest absolute Gasteiger partial charge is 0.277 e. The van der Waals surface area contributed by atoms with Crippen LogP contribution < -0.4 is 15.4 Å². The molecule has 1 heterocycles. The van der Waals surface area contributed by atoms with Gasteiger partial charge in [0.1, 0.15) is 12.0 Å². The van der Waals surface area contributed by atoms with E-state index in [9.17, 15) is 14.4 Å². The summed E-state index contributed by atoms with van der Waals surface area (Å²) in [5, 5.41) is 16.8. The lowest BCUT2D eigenvalue weighted by atomic mass is 10.2. The molecular weight excluding hydrogens is 249 g/mol. The first kappa shape index (κ1) is 12.8. The quantitative estimate of drug-likeness (QED) is 0.653. The fourth-order valence-electron chi connectivity index (χ4n) is 1.55. The zero-order valence-corrected chi connectivity index (χ0v) is 10.2. The van der Waals surface area contributed by atoms with Gasteiger partial charge in [0.15, 0.2) is 0 Å². The van der Waals surface area contributed by atoms with Gasteiger partial charge in [-0.1, -0.05) is 0 Å². The van der Waals surface area contributed by atoms with Gasteiger partial charge >= 0.3 is 0 Å². The molecule has 6 heteroatoms. The summed E-state index contributed by atoms with van der Waals surface area (Å²) in [6, 6.07) is 8.41. The number of rotatable bonds is 3. The van der Waals surface area contributed by atoms with Crippen molar-refractivity contribution in [2.24, 2.45) is 0 Å². The number of hydrogen-bond donors (Lipinski definition) is 2. The lowest BCUT2D eigenvalue weighted by Crippen LogP contribution is -2.31. The fourth-order valence-corrected chi connectivity index (χ4v) is 1.55. The third kappa shape index (κ3) is 2.98. The Morgan fingerprint density at radius 3 is 2.47 bits per heavy atom. The maximum Gasteiger partial charge on any atom is 0.277 e. The molecule has 0 aliphatic carbocycles. The second-order valence-electron chi connectivity index (χ2n) is 3.84. The second-order valence-corrected chi connectivity index (χ2v) is 3.84. The number of hydrogen-bond acceptors (Lipinski definition) is 3. The van der Waals surface area contributed by atoms with Gasteiger partial charge in [-0.15, -0.1) is 0 Å². The average Bonchev–Trinajstić information content (AvgIpc) is 2.41. The molecule has 1 amide bonds. The van der Waals surface area contributed by atoms with E-state index in [4.69, 9.17) is 0 Å². The Hall–Kier alpha value is -2.63. The van der Waals surface area contributed by atoms with Crippen molar-refractivity contribution in [1.29, 1.82) is 0 Å². The van der Waals surface area contributed by atoms with E-state index in [0.29, 0.717) is 16.2 Å². The first-order chi connectivity index (χ1) is 9.10. The van der Waals surface area contributed by atoms with Crippen LogP contribution in [-0.2, 0) is 0 Å². The molecule has 0 radical (unpaired) electrons. The van der Waals surface area contributed by atoms with E-state index in [1.807, 2.05) is 0 Å². The van der Waals surface area contributed by atoms with Crippen molar-refractivity contribution in [2.75, 3.05) is 17.7 Å². The van der Waals surface area contributed by atoms with Gasteiger partial charge in [-0.3, -0.25) is 10.1 Å². The number of pyridine rings is 1. The van der Waals surface area contributed by atoms with E-state index in [1.165, 1.54) is 42.6 Å². The Bertz CT molecular complexity index is 599. The van der Waals surface area contributed by atoms with Crippen molar-refractivity contribution in [1.82, 2.24) is 0 Å². The maximum atomic E-state index is 12.7. The van der Waals surface area contributed by atoms with Gasteiger partial charge in [-0.05, 0) is 30.3 Å². The normalized spacial score (nSPS) is 10.0. The number of carbonyl (C=O) groups is 1. The van der Waals surface area contributed by atoms with E-state index < -0.39 is 5.91 Å². The van der Waals surface area contributed by atoms with Crippen LogP contribution in [0.25, 0.3) is 0 Å². The minimum atomic E-state index is -0.432. The first-order valence-corrected chi connectivity index (χ1v) is 5.58. The molecule has 0 spiro atoms. The molecule has 0 saturated heterocycles. The molecule has 0 atom stereocenters. The molecule has 2 aromatic rings. The average molecular weight is 261 g/mol. The first-order valence-electron chi connectivity index (χ1n) is 5.58. The molecule has 19 heavy (non-hydrogen) atoms. The summed E-state index contributed by atoms with van der Waals surface area (Å²) in [6.07, 6.45) is 1.17. The summed E-state index contributed by atoms with van der Waals surface area (Å²) in [7, 11) is 1.61. The number of nitrogens with zero attached hydrogens (tertiary/aromatic N) is 1. The minimum Gasteiger partial charge on any atom is -0.711 e. The van der Waals surface area contributed by atoms with Crippen LogP contribution in [0.4, 0.5) is 15.9 Å². The lowest BCUT2D eigenvalue weighted by molar-refractivity contribution is -0.590. The van der Waals surface area contributed by atoms with Crippen LogP contribution in [0.5, 0.6) is 0 Å². The van der Waals surface area contributed by atoms with Gasteiger partial charge in [-0.2, -0.15) is 0 Å². The van der Waals surface area contributed by atoms with Crippen LogP contribution in [-0.4, -0.2) is 13.0 Å². The molecular formula is C13H12FN3O2. The van der Waals surface area contributed by atoms with Crippen LogP contribution >= 0.6 is 0 Å². The van der Waals surface area contributed by atoms with Crippen molar-refractivity contribution in [3.05, 3.63) is 59.2 Å². The molecule has 2 rings (SSSR count). The number of benzene rings is 1. The van der Waals surface area contributed by atoms with Crippen molar-refractivity contribution in [3.8, 4) is 0 Å². The van der Waals surface area contributed by atoms with Crippen LogP contribution in [0.3, 0.4) is 0 Å². The van der Waals surface area contributed by atoms with Gasteiger partial charge < -0.3 is 10.5 Å². The minimum absolute atomic E-state index is 0.221. The van der Waals surface area contributed by atoms with Gasteiger partial charge in [0.05, 0.1) is 12.6 Å². The highest BCUT2D eigenvalue weighted by atomic mass is 19.1. The van der Waals surface area contributed by atoms with Crippen molar-refractivity contribution >= 4 is 17.4 Å². The van der Waals surface area contributed by atoms with Crippen molar-refractivity contribution in [3.63, 3.8) is 0 Å². The third-order valence-electron chi connectivity index (χ3n) is 2.53. The van der Waals surface area contributed by atoms with Crippen LogP contribution in [0, 0.1) is 11.0 Å². The number of carbonyl (C=O) groups excluding carboxylic acids is 1. The number of nitrogens with one attached hydrogen (secondary N) is 2. The largest absolute Gasteiger partial charge is 0.711 e. The Kier molecular flexibility index (Phi) is 3.61. The monoisotopic (exact) mass is 261 g/mol. The molecule has 5 nitrogen and oxygen atoms in total. The third-order valence-corrected chi connectivity index (χ3v) is 2.53. The zero-order chi connectivity index (χ0) is 13.8. The summed E-state index contributed by atoms with van der Waals surface area (Å²) >= 11 is 0. The molecule has 98 valence electrons. The molecule has 0 bridgehead atoms. The summed E-state index contributed by atoms with van der Waals surface area (Å²) in [5.41, 5.74) is 0.680. The Morgan fingerprint density at radius 2 is 1.89 bits per heavy atom. The summed E-state index contributed by atoms with van der Waals surface area (Å²) in [4.78, 5) is 11.9. The summed E-state index contributed by atoms with van der Waals surface area (Å²) in [6.45, 7) is 0. The SMILES string of the molecule is CNc1ccc(C(=O)Nc2ccc(F)cc2)c[n+]1[O-]. The Balaban J connectivity index is 2.16. The van der Waals surface area contributed by atoms with Gasteiger partial charge in [0, 0.05) is 11.8 Å². The molecule has 0 fully saturated rings. The molecule has 0 aliphatic rings.